The summed E-state index contributed by atoms with van der Waals surface area (Å²) in [6.07, 6.45) is -4.43. The lowest BCUT2D eigenvalue weighted by molar-refractivity contribution is -0.138. The number of halogens is 4. The van der Waals surface area contributed by atoms with Gasteiger partial charge in [0.25, 0.3) is 0 Å². The molecular formula is C22H20F4N4. The molecule has 4 nitrogen and oxygen atoms in total. The fraction of sp³-hybridized carbons (Fsp3) is 0.273. The summed E-state index contributed by atoms with van der Waals surface area (Å²) in [7, 11) is 0. The van der Waals surface area contributed by atoms with Crippen molar-refractivity contribution in [1.29, 1.82) is 0 Å². The van der Waals surface area contributed by atoms with Crippen LogP contribution in [0.3, 0.4) is 0 Å². The number of rotatable bonds is 3. The first-order chi connectivity index (χ1) is 14.2. The van der Waals surface area contributed by atoms with Gasteiger partial charge >= 0.3 is 6.18 Å². The SMILES string of the molecule is C=C(c1cccc(C(F)(F)F)c1C)N1Cc2nnc(-c3ccccc3F)n2C[C@@H]1C. The Bertz CT molecular complexity index is 1120. The lowest BCUT2D eigenvalue weighted by Crippen LogP contribution is -2.40. The molecule has 0 unspecified atom stereocenters. The molecular weight excluding hydrogens is 396 g/mol. The maximum Gasteiger partial charge on any atom is 0.416 e. The van der Waals surface area contributed by atoms with Gasteiger partial charge in [-0.2, -0.15) is 13.2 Å². The fourth-order valence-corrected chi connectivity index (χ4v) is 3.93. The van der Waals surface area contributed by atoms with E-state index in [-0.39, 0.29) is 17.4 Å². The van der Waals surface area contributed by atoms with Gasteiger partial charge in [0.15, 0.2) is 11.6 Å². The molecule has 1 aromatic heterocycles. The van der Waals surface area contributed by atoms with E-state index in [0.29, 0.717) is 41.6 Å². The highest BCUT2D eigenvalue weighted by atomic mass is 19.4. The molecule has 3 aromatic rings. The van der Waals surface area contributed by atoms with Crippen LogP contribution in [0.2, 0.25) is 0 Å². The standard InChI is InChI=1S/C22H20F4N4/c1-13-11-30-20(27-28-21(30)17-7-4-5-10-19(17)23)12-29(13)15(3)16-8-6-9-18(14(16)2)22(24,25)26/h4-10,13H,3,11-12H2,1-2H3/t13-/m0/s1. The molecule has 0 saturated carbocycles. The molecule has 1 atom stereocenters. The molecule has 30 heavy (non-hydrogen) atoms. The minimum Gasteiger partial charge on any atom is -0.359 e. The second-order valence-electron chi connectivity index (χ2n) is 7.43. The quantitative estimate of drug-likeness (QED) is 0.545. The van der Waals surface area contributed by atoms with Crippen molar-refractivity contribution >= 4 is 5.70 Å². The van der Waals surface area contributed by atoms with Crippen molar-refractivity contribution in [3.63, 3.8) is 0 Å². The highest BCUT2D eigenvalue weighted by Crippen LogP contribution is 2.37. The highest BCUT2D eigenvalue weighted by molar-refractivity contribution is 5.67. The predicted octanol–water partition coefficient (Wildman–Crippen LogP) is 5.29. The molecule has 0 fully saturated rings. The second kappa shape index (κ2) is 7.27. The Labute approximate surface area is 171 Å². The van der Waals surface area contributed by atoms with E-state index in [9.17, 15) is 17.6 Å². The van der Waals surface area contributed by atoms with E-state index in [1.54, 1.807) is 24.3 Å². The van der Waals surface area contributed by atoms with E-state index in [4.69, 9.17) is 0 Å². The van der Waals surface area contributed by atoms with E-state index < -0.39 is 11.7 Å². The van der Waals surface area contributed by atoms with E-state index >= 15 is 0 Å². The maximum atomic E-state index is 14.2. The van der Waals surface area contributed by atoms with Crippen LogP contribution in [0.15, 0.2) is 49.0 Å². The highest BCUT2D eigenvalue weighted by Gasteiger charge is 2.34. The normalized spacial score (nSPS) is 16.5. The lowest BCUT2D eigenvalue weighted by atomic mass is 9.98. The smallest absolute Gasteiger partial charge is 0.359 e. The Hall–Kier alpha value is -3.16. The van der Waals surface area contributed by atoms with Gasteiger partial charge in [0.2, 0.25) is 0 Å². The number of alkyl halides is 3. The Morgan fingerprint density at radius 3 is 2.53 bits per heavy atom. The molecule has 8 heteroatoms. The van der Waals surface area contributed by atoms with E-state index in [0.717, 1.165) is 6.07 Å². The molecule has 4 rings (SSSR count). The maximum absolute atomic E-state index is 14.2. The molecule has 1 aliphatic rings. The number of hydrogen-bond donors (Lipinski definition) is 0. The van der Waals surface area contributed by atoms with Crippen molar-refractivity contribution in [3.8, 4) is 11.4 Å². The summed E-state index contributed by atoms with van der Waals surface area (Å²) in [5.74, 6) is 0.666. The Balaban J connectivity index is 1.67. The van der Waals surface area contributed by atoms with Crippen molar-refractivity contribution in [2.24, 2.45) is 0 Å². The van der Waals surface area contributed by atoms with Crippen LogP contribution in [0.25, 0.3) is 17.1 Å². The van der Waals surface area contributed by atoms with Crippen molar-refractivity contribution in [1.82, 2.24) is 19.7 Å². The monoisotopic (exact) mass is 416 g/mol. The van der Waals surface area contributed by atoms with Crippen molar-refractivity contribution < 1.29 is 17.6 Å². The van der Waals surface area contributed by atoms with Crippen LogP contribution >= 0.6 is 0 Å². The zero-order valence-corrected chi connectivity index (χ0v) is 16.5. The first-order valence-electron chi connectivity index (χ1n) is 9.48. The minimum atomic E-state index is -4.43. The van der Waals surface area contributed by atoms with Gasteiger partial charge in [-0.3, -0.25) is 0 Å². The summed E-state index contributed by atoms with van der Waals surface area (Å²) in [6, 6.07) is 10.4. The van der Waals surface area contributed by atoms with Crippen LogP contribution in [0.4, 0.5) is 17.6 Å². The van der Waals surface area contributed by atoms with Crippen LogP contribution < -0.4 is 0 Å². The van der Waals surface area contributed by atoms with E-state index in [1.165, 1.54) is 19.1 Å². The topological polar surface area (TPSA) is 34.0 Å². The first kappa shape index (κ1) is 20.1. The summed E-state index contributed by atoms with van der Waals surface area (Å²) < 4.78 is 56.0. The molecule has 0 bridgehead atoms. The van der Waals surface area contributed by atoms with Crippen molar-refractivity contribution in [2.75, 3.05) is 0 Å². The fourth-order valence-electron chi connectivity index (χ4n) is 3.93. The van der Waals surface area contributed by atoms with Gasteiger partial charge in [-0.05, 0) is 37.6 Å². The van der Waals surface area contributed by atoms with E-state index in [1.807, 2.05) is 16.4 Å². The third-order valence-corrected chi connectivity index (χ3v) is 5.53. The Morgan fingerprint density at radius 2 is 1.83 bits per heavy atom. The van der Waals surface area contributed by atoms with Crippen LogP contribution in [-0.4, -0.2) is 25.7 Å². The van der Waals surface area contributed by atoms with Gasteiger partial charge in [0.1, 0.15) is 5.82 Å². The van der Waals surface area contributed by atoms with Gasteiger partial charge in [0, 0.05) is 23.8 Å². The van der Waals surface area contributed by atoms with Crippen LogP contribution in [0, 0.1) is 12.7 Å². The van der Waals surface area contributed by atoms with Crippen molar-refractivity contribution in [3.05, 3.63) is 77.4 Å². The molecule has 0 aliphatic carbocycles. The van der Waals surface area contributed by atoms with Gasteiger partial charge in [-0.15, -0.1) is 10.2 Å². The molecule has 0 saturated heterocycles. The van der Waals surface area contributed by atoms with Gasteiger partial charge in [-0.1, -0.05) is 30.8 Å². The Morgan fingerprint density at radius 1 is 1.10 bits per heavy atom. The average Bonchev–Trinajstić information content (AvgIpc) is 3.09. The molecule has 0 N–H and O–H groups in total. The first-order valence-corrected chi connectivity index (χ1v) is 9.48. The molecule has 0 radical (unpaired) electrons. The lowest BCUT2D eigenvalue weighted by Gasteiger charge is -2.37. The zero-order chi connectivity index (χ0) is 21.6. The minimum absolute atomic E-state index is 0.0968. The molecule has 2 heterocycles. The number of benzene rings is 2. The summed E-state index contributed by atoms with van der Waals surface area (Å²) in [4.78, 5) is 1.91. The number of aromatic nitrogens is 3. The summed E-state index contributed by atoms with van der Waals surface area (Å²) in [5.41, 5.74) is 0.772. The molecule has 0 amide bonds. The Kier molecular flexibility index (Phi) is 4.88. The number of nitrogens with zero attached hydrogens (tertiary/aromatic N) is 4. The third-order valence-electron chi connectivity index (χ3n) is 5.53. The van der Waals surface area contributed by atoms with Crippen LogP contribution in [0.1, 0.15) is 29.4 Å². The molecule has 2 aromatic carbocycles. The molecule has 1 aliphatic heterocycles. The third kappa shape index (κ3) is 3.36. The number of fused-ring (bicyclic) bond motifs is 1. The summed E-state index contributed by atoms with van der Waals surface area (Å²) in [5, 5.41) is 8.36. The van der Waals surface area contributed by atoms with Crippen LogP contribution in [-0.2, 0) is 19.3 Å². The second-order valence-corrected chi connectivity index (χ2v) is 7.43. The van der Waals surface area contributed by atoms with Crippen molar-refractivity contribution in [2.45, 2.75) is 39.2 Å². The average molecular weight is 416 g/mol. The summed E-state index contributed by atoms with van der Waals surface area (Å²) in [6.45, 7) is 8.26. The van der Waals surface area contributed by atoms with Crippen LogP contribution in [0.5, 0.6) is 0 Å². The number of hydrogen-bond acceptors (Lipinski definition) is 3. The van der Waals surface area contributed by atoms with Gasteiger partial charge < -0.3 is 9.47 Å². The largest absolute Gasteiger partial charge is 0.416 e. The van der Waals surface area contributed by atoms with Gasteiger partial charge in [-0.25, -0.2) is 4.39 Å². The molecule has 0 spiro atoms. The summed E-state index contributed by atoms with van der Waals surface area (Å²) >= 11 is 0. The zero-order valence-electron chi connectivity index (χ0n) is 16.5. The van der Waals surface area contributed by atoms with E-state index in [2.05, 4.69) is 16.8 Å². The predicted molar refractivity (Wildman–Crippen MR) is 106 cm³/mol. The van der Waals surface area contributed by atoms with Gasteiger partial charge in [0.05, 0.1) is 17.7 Å². The molecule has 156 valence electrons.